The van der Waals surface area contributed by atoms with Crippen LogP contribution in [0, 0.1) is 12.8 Å². The molecule has 0 unspecified atom stereocenters. The van der Waals surface area contributed by atoms with Crippen LogP contribution in [0.25, 0.3) is 5.41 Å². The van der Waals surface area contributed by atoms with E-state index < -0.39 is 5.91 Å². The van der Waals surface area contributed by atoms with Gasteiger partial charge in [0.1, 0.15) is 5.88 Å². The average molecular weight is 335 g/mol. The third kappa shape index (κ3) is 7.24. The van der Waals surface area contributed by atoms with E-state index in [2.05, 4.69) is 27.5 Å². The van der Waals surface area contributed by atoms with Crippen LogP contribution >= 0.6 is 0 Å². The number of amides is 1. The zero-order valence-corrected chi connectivity index (χ0v) is 14.7. The average Bonchev–Trinajstić information content (AvgIpc) is 2.98. The van der Waals surface area contributed by atoms with Crippen molar-refractivity contribution in [1.29, 1.82) is 0 Å². The van der Waals surface area contributed by atoms with Crippen LogP contribution in [0.4, 0.5) is 11.8 Å². The van der Waals surface area contributed by atoms with Crippen LogP contribution in [0.15, 0.2) is 28.9 Å². The Balaban J connectivity index is 0.000000465. The first-order valence-electron chi connectivity index (χ1n) is 7.04. The standard InChI is InChI=1S/C10H12N2O2.C6H6N3O.Li/c1-6(2)9(11)10-7(5-13)4-8(12-3)14-10;1-5(10)9-6-7-3-2-4-8-6;/h4,6,12H,1-3H3;2-4H,1H2,(H,7,8,9,10);/q-2;-1;+1. The number of carbonyl (C=O) groups is 1. The fourth-order valence-corrected chi connectivity index (χ4v) is 1.53. The quantitative estimate of drug-likeness (QED) is 0.413. The van der Waals surface area contributed by atoms with Crippen molar-refractivity contribution in [2.75, 3.05) is 17.7 Å². The number of hydrogen-bond acceptors (Lipinski definition) is 6. The molecule has 128 valence electrons. The summed E-state index contributed by atoms with van der Waals surface area (Å²) >= 11 is 0. The smallest absolute Gasteiger partial charge is 0.816 e. The van der Waals surface area contributed by atoms with Gasteiger partial charge in [0, 0.05) is 25.2 Å². The van der Waals surface area contributed by atoms with E-state index in [0.717, 1.165) is 0 Å². The van der Waals surface area contributed by atoms with Crippen LogP contribution in [0.1, 0.15) is 25.2 Å². The van der Waals surface area contributed by atoms with Crippen molar-refractivity contribution >= 4 is 29.7 Å². The van der Waals surface area contributed by atoms with Gasteiger partial charge in [-0.2, -0.15) is 5.71 Å². The minimum absolute atomic E-state index is 0. The van der Waals surface area contributed by atoms with Gasteiger partial charge in [-0.25, -0.2) is 9.97 Å². The summed E-state index contributed by atoms with van der Waals surface area (Å²) in [6.45, 7) is 6.73. The molecule has 0 aliphatic carbocycles. The molecule has 8 nitrogen and oxygen atoms in total. The van der Waals surface area contributed by atoms with Crippen LogP contribution < -0.4 is 29.5 Å². The van der Waals surface area contributed by atoms with E-state index in [0.29, 0.717) is 5.88 Å². The fraction of sp³-hybridized carbons (Fsp3) is 0.250. The Morgan fingerprint density at radius 3 is 2.40 bits per heavy atom. The number of carbonyl (C=O) groups excluding carboxylic acids is 2. The van der Waals surface area contributed by atoms with Gasteiger partial charge in [0.05, 0.1) is 12.2 Å². The van der Waals surface area contributed by atoms with Gasteiger partial charge in [-0.15, -0.1) is 5.56 Å². The Bertz CT molecular complexity index is 701. The van der Waals surface area contributed by atoms with Crippen LogP contribution in [0.3, 0.4) is 0 Å². The van der Waals surface area contributed by atoms with Crippen LogP contribution in [0.5, 0.6) is 0 Å². The van der Waals surface area contributed by atoms with E-state index in [4.69, 9.17) is 4.42 Å². The molecule has 0 radical (unpaired) electrons. The zero-order chi connectivity index (χ0) is 18.1. The van der Waals surface area contributed by atoms with Crippen molar-refractivity contribution in [2.45, 2.75) is 13.8 Å². The van der Waals surface area contributed by atoms with Crippen LogP contribution in [-0.4, -0.2) is 34.9 Å². The third-order valence-electron chi connectivity index (χ3n) is 2.68. The largest absolute Gasteiger partial charge is 1.00 e. The number of furan rings is 1. The summed E-state index contributed by atoms with van der Waals surface area (Å²) in [5, 5.41) is 14.7. The van der Waals surface area contributed by atoms with Crippen LogP contribution in [0.2, 0.25) is 0 Å². The molecule has 25 heavy (non-hydrogen) atoms. The number of aromatic nitrogens is 2. The maximum atomic E-state index is 10.5. The zero-order valence-electron chi connectivity index (χ0n) is 14.7. The van der Waals surface area contributed by atoms with E-state index in [-0.39, 0.29) is 47.8 Å². The summed E-state index contributed by atoms with van der Waals surface area (Å²) in [5.41, 5.74) is 0.297. The summed E-state index contributed by atoms with van der Waals surface area (Å²) in [6.07, 6.45) is 4.80. The first kappa shape index (κ1) is 22.4. The summed E-state index contributed by atoms with van der Waals surface area (Å²) in [6, 6.07) is 3.17. The SMILES string of the molecule is CNc1cc([C-]=O)c(C(=[N-])C(C)C)o1.[CH2-]C(=O)Nc1ncccn1.[Li+]. The summed E-state index contributed by atoms with van der Waals surface area (Å²) in [7, 11) is 1.67. The van der Waals surface area contributed by atoms with E-state index in [1.54, 1.807) is 19.4 Å². The minimum Gasteiger partial charge on any atom is -0.816 e. The predicted molar refractivity (Wildman–Crippen MR) is 91.4 cm³/mol. The Morgan fingerprint density at radius 2 is 1.96 bits per heavy atom. The molecule has 2 N–H and O–H groups in total. The second-order valence-corrected chi connectivity index (χ2v) is 4.87. The monoisotopic (exact) mass is 335 g/mol. The van der Waals surface area contributed by atoms with Gasteiger partial charge < -0.3 is 37.0 Å². The first-order chi connectivity index (χ1) is 11.4. The van der Waals surface area contributed by atoms with Crippen molar-refractivity contribution in [3.63, 3.8) is 0 Å². The molecule has 0 saturated heterocycles. The molecular weight excluding hydrogens is 317 g/mol. The molecule has 2 aromatic rings. The van der Waals surface area contributed by atoms with Crippen molar-refractivity contribution in [3.05, 3.63) is 48.2 Å². The Labute approximate surface area is 158 Å². The number of hydrogen-bond donors (Lipinski definition) is 2. The molecule has 1 amide bonds. The van der Waals surface area contributed by atoms with Gasteiger partial charge >= 0.3 is 18.9 Å². The summed E-state index contributed by atoms with van der Waals surface area (Å²) in [4.78, 5) is 28.3. The molecule has 0 saturated carbocycles. The van der Waals surface area contributed by atoms with Crippen molar-refractivity contribution in [2.24, 2.45) is 5.92 Å². The van der Waals surface area contributed by atoms with Crippen molar-refractivity contribution < 1.29 is 32.9 Å². The van der Waals surface area contributed by atoms with Gasteiger partial charge in [0.15, 0.2) is 0 Å². The number of nitrogens with zero attached hydrogens (tertiary/aromatic N) is 3. The predicted octanol–water partition coefficient (Wildman–Crippen LogP) is -0.953. The third-order valence-corrected chi connectivity index (χ3v) is 2.68. The van der Waals surface area contributed by atoms with Crippen molar-refractivity contribution in [3.8, 4) is 0 Å². The van der Waals surface area contributed by atoms with Gasteiger partial charge in [-0.3, -0.25) is 0 Å². The van der Waals surface area contributed by atoms with Gasteiger partial charge in [-0.05, 0) is 6.07 Å². The number of nitrogens with one attached hydrogen (secondary N) is 2. The van der Waals surface area contributed by atoms with E-state index in [1.807, 2.05) is 13.8 Å². The number of anilines is 2. The van der Waals surface area contributed by atoms with E-state index in [9.17, 15) is 15.0 Å². The topological polar surface area (TPSA) is 119 Å². The maximum Gasteiger partial charge on any atom is 1.00 e. The molecule has 0 spiro atoms. The summed E-state index contributed by atoms with van der Waals surface area (Å²) in [5.74, 6) is 0.413. The normalized spacial score (nSPS) is 9.28. The Hall–Kier alpha value is -2.56. The minimum atomic E-state index is -0.411. The van der Waals surface area contributed by atoms with E-state index in [1.165, 1.54) is 18.5 Å². The number of rotatable bonds is 5. The Morgan fingerprint density at radius 1 is 1.36 bits per heavy atom. The second kappa shape index (κ2) is 11.1. The maximum absolute atomic E-state index is 10.5. The molecule has 9 heteroatoms. The molecule has 0 fully saturated rings. The molecule has 0 aliphatic heterocycles. The first-order valence-corrected chi connectivity index (χ1v) is 7.04. The van der Waals surface area contributed by atoms with Gasteiger partial charge in [0.25, 0.3) is 0 Å². The molecule has 2 heterocycles. The van der Waals surface area contributed by atoms with Gasteiger partial charge in [0.2, 0.25) is 5.95 Å². The molecule has 0 atom stereocenters. The summed E-state index contributed by atoms with van der Waals surface area (Å²) < 4.78 is 5.22. The molecule has 2 rings (SSSR count). The second-order valence-electron chi connectivity index (χ2n) is 4.87. The van der Waals surface area contributed by atoms with Crippen LogP contribution in [-0.2, 0) is 9.59 Å². The van der Waals surface area contributed by atoms with Gasteiger partial charge in [-0.1, -0.05) is 25.8 Å². The van der Waals surface area contributed by atoms with E-state index >= 15 is 0 Å². The molecule has 0 aromatic carbocycles. The van der Waals surface area contributed by atoms with Crippen molar-refractivity contribution in [1.82, 2.24) is 9.97 Å². The molecular formula is C16H18LiN5O3-2. The molecule has 2 aromatic heterocycles. The Kier molecular flexibility index (Phi) is 9.94. The molecule has 0 bridgehead atoms. The fourth-order valence-electron chi connectivity index (χ4n) is 1.53. The molecule has 0 aliphatic rings.